The summed E-state index contributed by atoms with van der Waals surface area (Å²) in [5.74, 6) is -0.0219. The fraction of sp³-hybridized carbons (Fsp3) is 0.176. The van der Waals surface area contributed by atoms with Gasteiger partial charge in [0.2, 0.25) is 5.91 Å². The Kier molecular flexibility index (Phi) is 6.63. The molecule has 0 aliphatic heterocycles. The van der Waals surface area contributed by atoms with Gasteiger partial charge in [0.05, 0.1) is 11.5 Å². The lowest BCUT2D eigenvalue weighted by molar-refractivity contribution is -0.384. The van der Waals surface area contributed by atoms with Crippen molar-refractivity contribution in [2.45, 2.75) is 6.61 Å². The SMILES string of the molecule is CNCC(=O)Nc1ccc(COC(=O)Oc2ccc([N+](=O)[O-])cc2)cc1. The number of nitro benzene ring substituents is 1. The molecule has 0 radical (unpaired) electrons. The minimum atomic E-state index is -0.926. The van der Waals surface area contributed by atoms with Gasteiger partial charge in [-0.05, 0) is 36.9 Å². The molecule has 0 aliphatic carbocycles. The number of nitrogens with zero attached hydrogens (tertiary/aromatic N) is 1. The maximum Gasteiger partial charge on any atom is 0.514 e. The van der Waals surface area contributed by atoms with Crippen LogP contribution in [0, 0.1) is 10.1 Å². The first-order valence-corrected chi connectivity index (χ1v) is 7.60. The van der Waals surface area contributed by atoms with Gasteiger partial charge in [0.25, 0.3) is 5.69 Å². The van der Waals surface area contributed by atoms with Crippen LogP contribution in [-0.4, -0.2) is 30.6 Å². The molecule has 0 spiro atoms. The van der Waals surface area contributed by atoms with Crippen molar-refractivity contribution in [1.82, 2.24) is 5.32 Å². The zero-order valence-electron chi connectivity index (χ0n) is 13.9. The zero-order valence-corrected chi connectivity index (χ0v) is 13.9. The number of hydrogen-bond donors (Lipinski definition) is 2. The third kappa shape index (κ3) is 5.87. The number of ether oxygens (including phenoxy) is 2. The lowest BCUT2D eigenvalue weighted by Gasteiger charge is -2.08. The summed E-state index contributed by atoms with van der Waals surface area (Å²) in [6.45, 7) is 0.190. The topological polar surface area (TPSA) is 120 Å². The summed E-state index contributed by atoms with van der Waals surface area (Å²) in [5.41, 5.74) is 1.23. The molecule has 0 aliphatic rings. The van der Waals surface area contributed by atoms with Crippen molar-refractivity contribution < 1.29 is 24.0 Å². The number of hydrogen-bond acceptors (Lipinski definition) is 7. The second-order valence-corrected chi connectivity index (χ2v) is 5.17. The van der Waals surface area contributed by atoms with Crippen LogP contribution in [0.2, 0.25) is 0 Å². The Morgan fingerprint density at radius 2 is 1.73 bits per heavy atom. The maximum absolute atomic E-state index is 11.6. The molecule has 0 aromatic heterocycles. The first-order valence-electron chi connectivity index (χ1n) is 7.60. The number of nitrogens with one attached hydrogen (secondary N) is 2. The number of non-ortho nitro benzene ring substituents is 1. The molecule has 0 heterocycles. The van der Waals surface area contributed by atoms with Gasteiger partial charge >= 0.3 is 6.16 Å². The van der Waals surface area contributed by atoms with Gasteiger partial charge in [-0.2, -0.15) is 0 Å². The Morgan fingerprint density at radius 1 is 1.08 bits per heavy atom. The fourth-order valence-corrected chi connectivity index (χ4v) is 1.95. The van der Waals surface area contributed by atoms with Crippen LogP contribution in [0.4, 0.5) is 16.2 Å². The third-order valence-corrected chi connectivity index (χ3v) is 3.18. The molecular formula is C17H17N3O6. The molecule has 2 aromatic carbocycles. The number of likely N-dealkylation sites (N-methyl/N-ethyl adjacent to an activating group) is 1. The Hall–Kier alpha value is -3.46. The van der Waals surface area contributed by atoms with Crippen molar-refractivity contribution in [3.05, 3.63) is 64.2 Å². The fourth-order valence-electron chi connectivity index (χ4n) is 1.95. The Balaban J connectivity index is 1.81. The van der Waals surface area contributed by atoms with E-state index < -0.39 is 11.1 Å². The van der Waals surface area contributed by atoms with Crippen LogP contribution in [0.1, 0.15) is 5.56 Å². The number of rotatable bonds is 7. The van der Waals surface area contributed by atoms with Crippen LogP contribution in [0.5, 0.6) is 5.75 Å². The van der Waals surface area contributed by atoms with Gasteiger partial charge in [0, 0.05) is 17.8 Å². The smallest absolute Gasteiger partial charge is 0.429 e. The monoisotopic (exact) mass is 359 g/mol. The van der Waals surface area contributed by atoms with E-state index in [0.29, 0.717) is 11.3 Å². The molecule has 2 rings (SSSR count). The molecule has 0 unspecified atom stereocenters. The molecule has 136 valence electrons. The van der Waals surface area contributed by atoms with Crippen molar-refractivity contribution >= 4 is 23.4 Å². The van der Waals surface area contributed by atoms with Crippen molar-refractivity contribution in [3.63, 3.8) is 0 Å². The Labute approximate surface area is 149 Å². The summed E-state index contributed by atoms with van der Waals surface area (Å²) in [6, 6.07) is 11.8. The van der Waals surface area contributed by atoms with Crippen LogP contribution in [-0.2, 0) is 16.1 Å². The van der Waals surface area contributed by atoms with Gasteiger partial charge in [-0.15, -0.1) is 0 Å². The van der Waals surface area contributed by atoms with Gasteiger partial charge in [-0.25, -0.2) is 4.79 Å². The van der Waals surface area contributed by atoms with E-state index in [1.54, 1.807) is 31.3 Å². The van der Waals surface area contributed by atoms with Gasteiger partial charge in [-0.3, -0.25) is 14.9 Å². The quantitative estimate of drug-likeness (QED) is 0.337. The predicted octanol–water partition coefficient (Wildman–Crippen LogP) is 2.47. The molecule has 9 heteroatoms. The van der Waals surface area contributed by atoms with E-state index in [4.69, 9.17) is 9.47 Å². The largest absolute Gasteiger partial charge is 0.514 e. The number of carbonyl (C=O) groups is 2. The van der Waals surface area contributed by atoms with Crippen LogP contribution in [0.15, 0.2) is 48.5 Å². The first kappa shape index (κ1) is 18.9. The number of carbonyl (C=O) groups excluding carboxylic acids is 2. The molecule has 26 heavy (non-hydrogen) atoms. The summed E-state index contributed by atoms with van der Waals surface area (Å²) < 4.78 is 9.90. The van der Waals surface area contributed by atoms with E-state index in [2.05, 4.69) is 10.6 Å². The highest BCUT2D eigenvalue weighted by molar-refractivity contribution is 5.92. The molecule has 0 saturated heterocycles. The molecule has 2 N–H and O–H groups in total. The van der Waals surface area contributed by atoms with Crippen molar-refractivity contribution in [2.75, 3.05) is 18.9 Å². The molecule has 9 nitrogen and oxygen atoms in total. The van der Waals surface area contributed by atoms with Crippen molar-refractivity contribution in [1.29, 1.82) is 0 Å². The van der Waals surface area contributed by atoms with Crippen LogP contribution in [0.25, 0.3) is 0 Å². The summed E-state index contributed by atoms with van der Waals surface area (Å²) in [6.07, 6.45) is -0.926. The Morgan fingerprint density at radius 3 is 2.31 bits per heavy atom. The summed E-state index contributed by atoms with van der Waals surface area (Å²) >= 11 is 0. The summed E-state index contributed by atoms with van der Waals surface area (Å²) in [4.78, 5) is 33.1. The van der Waals surface area contributed by atoms with Gasteiger partial charge in [-0.1, -0.05) is 12.1 Å². The predicted molar refractivity (Wildman–Crippen MR) is 92.9 cm³/mol. The van der Waals surface area contributed by atoms with E-state index in [-0.39, 0.29) is 30.5 Å². The molecule has 0 atom stereocenters. The second kappa shape index (κ2) is 9.14. The van der Waals surface area contributed by atoms with Gasteiger partial charge < -0.3 is 20.1 Å². The zero-order chi connectivity index (χ0) is 18.9. The molecule has 2 aromatic rings. The maximum atomic E-state index is 11.6. The molecule has 1 amide bonds. The molecular weight excluding hydrogens is 342 g/mol. The number of benzene rings is 2. The lowest BCUT2D eigenvalue weighted by Crippen LogP contribution is -2.24. The van der Waals surface area contributed by atoms with E-state index in [0.717, 1.165) is 0 Å². The van der Waals surface area contributed by atoms with Gasteiger partial charge in [0.1, 0.15) is 12.4 Å². The highest BCUT2D eigenvalue weighted by Gasteiger charge is 2.09. The number of nitro groups is 1. The summed E-state index contributed by atoms with van der Waals surface area (Å²) in [7, 11) is 1.68. The third-order valence-electron chi connectivity index (χ3n) is 3.18. The normalized spacial score (nSPS) is 10.0. The summed E-state index contributed by atoms with van der Waals surface area (Å²) in [5, 5.41) is 16.0. The van der Waals surface area contributed by atoms with Crippen LogP contribution >= 0.6 is 0 Å². The minimum absolute atomic E-state index is 0.0173. The van der Waals surface area contributed by atoms with Crippen LogP contribution < -0.4 is 15.4 Å². The Bertz CT molecular complexity index is 774. The van der Waals surface area contributed by atoms with Crippen molar-refractivity contribution in [3.8, 4) is 5.75 Å². The van der Waals surface area contributed by atoms with E-state index >= 15 is 0 Å². The second-order valence-electron chi connectivity index (χ2n) is 5.17. The van der Waals surface area contributed by atoms with Crippen LogP contribution in [0.3, 0.4) is 0 Å². The molecule has 0 saturated carbocycles. The average molecular weight is 359 g/mol. The van der Waals surface area contributed by atoms with Gasteiger partial charge in [0.15, 0.2) is 0 Å². The van der Waals surface area contributed by atoms with E-state index in [1.807, 2.05) is 0 Å². The average Bonchev–Trinajstić information content (AvgIpc) is 2.62. The van der Waals surface area contributed by atoms with E-state index in [1.165, 1.54) is 24.3 Å². The number of anilines is 1. The molecule has 0 bridgehead atoms. The highest BCUT2D eigenvalue weighted by atomic mass is 16.7. The number of amides is 1. The standard InChI is InChI=1S/C17H17N3O6/c1-18-10-16(21)19-13-4-2-12(3-5-13)11-25-17(22)26-15-8-6-14(7-9-15)20(23)24/h2-9,18H,10-11H2,1H3,(H,19,21). The van der Waals surface area contributed by atoms with E-state index in [9.17, 15) is 19.7 Å². The van der Waals surface area contributed by atoms with Crippen molar-refractivity contribution in [2.24, 2.45) is 0 Å². The molecule has 0 fully saturated rings. The minimum Gasteiger partial charge on any atom is -0.429 e. The highest BCUT2D eigenvalue weighted by Crippen LogP contribution is 2.18. The first-order chi connectivity index (χ1) is 12.5. The lowest BCUT2D eigenvalue weighted by atomic mass is 10.2.